The Morgan fingerprint density at radius 3 is 2.08 bits per heavy atom. The second kappa shape index (κ2) is 27.1. The number of nitrogens with zero attached hydrogens (tertiary/aromatic N) is 1. The Bertz CT molecular complexity index is 1960. The molecule has 0 aliphatic carbocycles. The number of likely N-dealkylation sites (N-methyl/N-ethyl adjacent to an activating group) is 1. The van der Waals surface area contributed by atoms with Crippen molar-refractivity contribution < 1.29 is 57.8 Å². The first kappa shape index (κ1) is 54.8. The molecule has 25 heteroatoms. The van der Waals surface area contributed by atoms with Gasteiger partial charge in [-0.05, 0) is 55.8 Å². The number of rotatable bonds is 18. The molecule has 1 aliphatic rings. The van der Waals surface area contributed by atoms with Gasteiger partial charge in [0.15, 0.2) is 0 Å². The summed E-state index contributed by atoms with van der Waals surface area (Å²) in [4.78, 5) is 144. The number of hydrogen-bond donors (Lipinski definition) is 13. The molecule has 0 aromatic heterocycles. The Morgan fingerprint density at radius 1 is 0.848 bits per heavy atom. The predicted octanol–water partition coefficient (Wildman–Crippen LogP) is -5.66. The van der Waals surface area contributed by atoms with Gasteiger partial charge in [-0.25, -0.2) is 0 Å². The molecule has 25 nitrogen and oxygen atoms in total. The highest BCUT2D eigenvalue weighted by atomic mass is 16.3. The maximum absolute atomic E-state index is 14.1. The smallest absolute Gasteiger partial charge is 0.245 e. The zero-order valence-corrected chi connectivity index (χ0v) is 37.2. The summed E-state index contributed by atoms with van der Waals surface area (Å²) in [5, 5.41) is 30.0. The summed E-state index contributed by atoms with van der Waals surface area (Å²) >= 11 is 0. The van der Waals surface area contributed by atoms with Crippen molar-refractivity contribution in [3.8, 4) is 5.75 Å². The van der Waals surface area contributed by atoms with Crippen molar-refractivity contribution in [1.29, 1.82) is 0 Å². The fraction of sp³-hybridized carbons (Fsp3) is 0.537. The van der Waals surface area contributed by atoms with Crippen molar-refractivity contribution in [2.75, 3.05) is 33.2 Å². The highest BCUT2D eigenvalue weighted by molar-refractivity contribution is 5.98. The van der Waals surface area contributed by atoms with Gasteiger partial charge in [-0.2, -0.15) is 0 Å². The number of aromatic hydroxyl groups is 1. The van der Waals surface area contributed by atoms with Gasteiger partial charge in [0.05, 0.1) is 32.1 Å². The van der Waals surface area contributed by atoms with Gasteiger partial charge in [-0.1, -0.05) is 39.0 Å². The number of hydrogen-bond acceptors (Lipinski definition) is 14. The highest BCUT2D eigenvalue weighted by Gasteiger charge is 2.35. The molecular formula is C41H63N13O12. The summed E-state index contributed by atoms with van der Waals surface area (Å²) in [6.07, 6.45) is -2.13. The number of carbonyl (C=O) groups excluding carboxylic acids is 11. The van der Waals surface area contributed by atoms with Crippen molar-refractivity contribution >= 4 is 65.0 Å². The second-order valence-corrected chi connectivity index (χ2v) is 15.8. The van der Waals surface area contributed by atoms with Gasteiger partial charge in [-0.15, -0.1) is 0 Å². The molecule has 1 aromatic rings. The minimum Gasteiger partial charge on any atom is -0.508 e. The Kier molecular flexibility index (Phi) is 22.5. The zero-order valence-electron chi connectivity index (χ0n) is 37.2. The minimum absolute atomic E-state index is 0.0132. The Hall–Kier alpha value is -7.31. The third-order valence-corrected chi connectivity index (χ3v) is 10.3. The Balaban J connectivity index is 2.58. The van der Waals surface area contributed by atoms with Crippen LogP contribution >= 0.6 is 0 Å². The first-order valence-electron chi connectivity index (χ1n) is 21.1. The van der Waals surface area contributed by atoms with Crippen LogP contribution in [0.2, 0.25) is 0 Å². The van der Waals surface area contributed by atoms with Crippen LogP contribution in [-0.4, -0.2) is 144 Å². The van der Waals surface area contributed by atoms with Crippen molar-refractivity contribution in [3.63, 3.8) is 0 Å². The summed E-state index contributed by atoms with van der Waals surface area (Å²) in [7, 11) is 1.17. The van der Waals surface area contributed by atoms with Crippen LogP contribution in [0.15, 0.2) is 36.5 Å². The maximum Gasteiger partial charge on any atom is 0.245 e. The molecule has 1 aliphatic heterocycles. The lowest BCUT2D eigenvalue weighted by Crippen LogP contribution is -2.60. The van der Waals surface area contributed by atoms with Crippen molar-refractivity contribution in [2.24, 2.45) is 28.9 Å². The molecule has 0 unspecified atom stereocenters. The monoisotopic (exact) mass is 929 g/mol. The van der Waals surface area contributed by atoms with Gasteiger partial charge in [0.2, 0.25) is 65.0 Å². The first-order chi connectivity index (χ1) is 31.0. The number of nitrogens with one attached hydrogen (secondary N) is 8. The molecule has 66 heavy (non-hydrogen) atoms. The third-order valence-electron chi connectivity index (χ3n) is 10.3. The number of amides is 11. The first-order valence-corrected chi connectivity index (χ1v) is 21.1. The number of carbonyl (C=O) groups is 11. The van der Waals surface area contributed by atoms with E-state index in [0.29, 0.717) is 12.0 Å². The van der Waals surface area contributed by atoms with E-state index in [2.05, 4.69) is 49.1 Å². The van der Waals surface area contributed by atoms with E-state index >= 15 is 0 Å². The molecular weight excluding hydrogens is 867 g/mol. The topological polar surface area (TPSA) is 412 Å². The van der Waals surface area contributed by atoms with E-state index in [1.165, 1.54) is 19.2 Å². The van der Waals surface area contributed by atoms with Gasteiger partial charge in [0.1, 0.15) is 36.0 Å². The summed E-state index contributed by atoms with van der Waals surface area (Å²) in [5.41, 5.74) is 22.3. The number of phenolic OH excluding ortho intramolecular Hbond substituents is 1. The molecule has 0 radical (unpaired) electrons. The molecule has 11 amide bonds. The van der Waals surface area contributed by atoms with E-state index in [9.17, 15) is 57.8 Å². The van der Waals surface area contributed by atoms with Crippen molar-refractivity contribution in [1.82, 2.24) is 47.4 Å². The molecule has 1 fully saturated rings. The highest BCUT2D eigenvalue weighted by Crippen LogP contribution is 2.17. The fourth-order valence-electron chi connectivity index (χ4n) is 6.48. The largest absolute Gasteiger partial charge is 0.508 e. The molecule has 0 bridgehead atoms. The molecule has 17 N–H and O–H groups in total. The molecule has 0 spiro atoms. The lowest BCUT2D eigenvalue weighted by atomic mass is 9.95. The molecule has 0 saturated carbocycles. The van der Waals surface area contributed by atoms with Crippen LogP contribution in [0.1, 0.15) is 64.4 Å². The van der Waals surface area contributed by atoms with E-state index < -0.39 is 152 Å². The lowest BCUT2D eigenvalue weighted by Gasteiger charge is -2.31. The summed E-state index contributed by atoms with van der Waals surface area (Å²) in [5.74, 6) is -10.3. The van der Waals surface area contributed by atoms with Gasteiger partial charge >= 0.3 is 0 Å². The predicted molar refractivity (Wildman–Crippen MR) is 235 cm³/mol. The minimum atomic E-state index is -1.80. The van der Waals surface area contributed by atoms with Crippen LogP contribution in [0, 0.1) is 5.92 Å². The van der Waals surface area contributed by atoms with Crippen molar-refractivity contribution in [2.45, 2.75) is 101 Å². The van der Waals surface area contributed by atoms with Gasteiger partial charge in [0, 0.05) is 25.6 Å². The van der Waals surface area contributed by atoms with E-state index in [1.807, 2.05) is 0 Å². The van der Waals surface area contributed by atoms with E-state index in [0.717, 1.165) is 4.90 Å². The Labute approximate surface area is 381 Å². The second-order valence-electron chi connectivity index (χ2n) is 15.8. The zero-order chi connectivity index (χ0) is 49.7. The quantitative estimate of drug-likeness (QED) is 0.0653. The molecule has 7 atom stereocenters. The molecule has 2 rings (SSSR count). The molecule has 1 saturated heterocycles. The van der Waals surface area contributed by atoms with Crippen LogP contribution in [0.4, 0.5) is 0 Å². The lowest BCUT2D eigenvalue weighted by molar-refractivity contribution is -0.140. The molecule has 1 aromatic carbocycles. The number of benzene rings is 1. The van der Waals surface area contributed by atoms with E-state index in [4.69, 9.17) is 22.9 Å². The number of nitrogens with two attached hydrogens (primary N) is 4. The van der Waals surface area contributed by atoms with Crippen LogP contribution in [0.5, 0.6) is 5.75 Å². The SMILES string of the molecule is C=C1N[C@@H]([C@@H](C)CC)C(=O)N[C@@H](CCC(N)=O)C(=O)N[C@@H](CC(N)=O)C(=O)N[C@H](C(=O)N(C)CC(=O)N[C@@H](CCN)C(=O)NCC(N)=O)CCC(=O)NCC(=O)N[C@H]1Cc1ccc(O)cc1. The van der Waals surface area contributed by atoms with Crippen LogP contribution < -0.4 is 65.5 Å². The Morgan fingerprint density at radius 2 is 1.48 bits per heavy atom. The van der Waals surface area contributed by atoms with Gasteiger partial charge in [0.25, 0.3) is 0 Å². The summed E-state index contributed by atoms with van der Waals surface area (Å²) < 4.78 is 0. The third kappa shape index (κ3) is 19.2. The number of primary amides is 3. The van der Waals surface area contributed by atoms with Gasteiger partial charge in [-0.3, -0.25) is 52.7 Å². The molecule has 1 heterocycles. The summed E-state index contributed by atoms with van der Waals surface area (Å²) in [6, 6.07) is -2.18. The van der Waals surface area contributed by atoms with Crippen LogP contribution in [-0.2, 0) is 59.2 Å². The average Bonchev–Trinajstić information content (AvgIpc) is 3.25. The fourth-order valence-corrected chi connectivity index (χ4v) is 6.48. The van der Waals surface area contributed by atoms with E-state index in [1.54, 1.807) is 26.0 Å². The van der Waals surface area contributed by atoms with E-state index in [-0.39, 0.29) is 37.3 Å². The number of phenols is 1. The maximum atomic E-state index is 14.1. The average molecular weight is 930 g/mol. The van der Waals surface area contributed by atoms with Crippen molar-refractivity contribution in [3.05, 3.63) is 42.1 Å². The van der Waals surface area contributed by atoms with Gasteiger partial charge < -0.3 is 75.5 Å². The normalized spacial score (nSPS) is 21.1. The molecule has 364 valence electrons. The van der Waals surface area contributed by atoms with Crippen LogP contribution in [0.25, 0.3) is 0 Å². The summed E-state index contributed by atoms with van der Waals surface area (Å²) in [6.45, 7) is 5.72. The standard InChI is InChI=1S/C41H63N13O12/c1-5-21(2)36-40(65)51-25(10-12-30(43)56)38(63)53-29(17-31(44)57)39(64)52-27(41(66)54(4)20-35(61)49-26(14-15-42)37(62)47-18-32(45)58)11-13-33(59)46-19-34(60)50-28(22(3)48-36)16-23-6-8-24(55)9-7-23/h6-9,21,25-29,36,48,55H,3,5,10-20,42H2,1-2,4H3,(H2,43,56)(H2,44,57)(H2,45,58)(H,46,59)(H,47,62)(H,49,61)(H,50,60)(H,51,65)(H,52,64)(H,53,63)/t21-,25-,26-,27-,28-,29-,36-/m0/s1. The van der Waals surface area contributed by atoms with Crippen LogP contribution in [0.3, 0.4) is 0 Å².